The number of rotatable bonds is 5. The molecule has 2 aromatic rings. The van der Waals surface area contributed by atoms with E-state index in [0.29, 0.717) is 6.54 Å². The van der Waals surface area contributed by atoms with Gasteiger partial charge in [-0.2, -0.15) is 0 Å². The summed E-state index contributed by atoms with van der Waals surface area (Å²) in [6.45, 7) is 2.75. The minimum Gasteiger partial charge on any atom is -0.409 e. The number of benzene rings is 2. The minimum atomic E-state index is 0.128. The van der Waals surface area contributed by atoms with Crippen molar-refractivity contribution in [1.82, 2.24) is 5.32 Å². The Morgan fingerprint density at radius 1 is 1.24 bits per heavy atom. The van der Waals surface area contributed by atoms with Crippen LogP contribution in [0.3, 0.4) is 0 Å². The predicted molar refractivity (Wildman–Crippen MR) is 88.3 cm³/mol. The summed E-state index contributed by atoms with van der Waals surface area (Å²) >= 11 is 3.43. The van der Waals surface area contributed by atoms with Crippen LogP contribution in [0.4, 0.5) is 0 Å². The Bertz CT molecular complexity index is 626. The van der Waals surface area contributed by atoms with Crippen molar-refractivity contribution in [3.05, 3.63) is 69.7 Å². The molecule has 0 saturated carbocycles. The molecule has 2 rings (SSSR count). The molecular formula is C16H18BrN3O. The molecule has 4 nitrogen and oxygen atoms in total. The first-order valence-corrected chi connectivity index (χ1v) is 7.45. The van der Waals surface area contributed by atoms with Crippen LogP contribution in [-0.2, 0) is 6.54 Å². The molecule has 110 valence electrons. The Labute approximate surface area is 132 Å². The van der Waals surface area contributed by atoms with Crippen molar-refractivity contribution in [3.8, 4) is 0 Å². The van der Waals surface area contributed by atoms with Gasteiger partial charge in [0, 0.05) is 22.6 Å². The van der Waals surface area contributed by atoms with Crippen LogP contribution < -0.4 is 11.1 Å². The van der Waals surface area contributed by atoms with Crippen molar-refractivity contribution in [3.63, 3.8) is 0 Å². The van der Waals surface area contributed by atoms with Crippen LogP contribution in [-0.4, -0.2) is 11.0 Å². The first kappa shape index (κ1) is 15.5. The second kappa shape index (κ2) is 7.24. The monoisotopic (exact) mass is 347 g/mol. The molecule has 0 amide bonds. The highest BCUT2D eigenvalue weighted by atomic mass is 79.9. The molecule has 0 aromatic heterocycles. The molecule has 2 aromatic carbocycles. The molecule has 0 radical (unpaired) electrons. The number of amidine groups is 1. The van der Waals surface area contributed by atoms with Crippen molar-refractivity contribution < 1.29 is 5.21 Å². The molecule has 0 bridgehead atoms. The summed E-state index contributed by atoms with van der Waals surface area (Å²) in [6, 6.07) is 16.0. The summed E-state index contributed by atoms with van der Waals surface area (Å²) in [4.78, 5) is 0. The number of nitrogens with one attached hydrogen (secondary N) is 1. The second-order valence-electron chi connectivity index (χ2n) is 4.80. The zero-order valence-corrected chi connectivity index (χ0v) is 13.3. The number of oxime groups is 1. The number of nitrogens with zero attached hydrogens (tertiary/aromatic N) is 1. The Morgan fingerprint density at radius 2 is 1.90 bits per heavy atom. The topological polar surface area (TPSA) is 70.6 Å². The molecule has 5 heteroatoms. The number of halogens is 1. The van der Waals surface area contributed by atoms with Crippen molar-refractivity contribution in [2.24, 2.45) is 10.9 Å². The van der Waals surface area contributed by atoms with Crippen LogP contribution in [0.25, 0.3) is 0 Å². The molecule has 0 aliphatic carbocycles. The van der Waals surface area contributed by atoms with Crippen LogP contribution in [0.2, 0.25) is 0 Å². The first-order valence-electron chi connectivity index (χ1n) is 6.66. The van der Waals surface area contributed by atoms with Crippen molar-refractivity contribution in [2.45, 2.75) is 19.5 Å². The fourth-order valence-electron chi connectivity index (χ4n) is 2.11. The quantitative estimate of drug-likeness (QED) is 0.336. The highest BCUT2D eigenvalue weighted by Crippen LogP contribution is 2.17. The van der Waals surface area contributed by atoms with E-state index in [-0.39, 0.29) is 11.9 Å². The molecule has 0 unspecified atom stereocenters. The Kier molecular flexibility index (Phi) is 5.36. The van der Waals surface area contributed by atoms with Gasteiger partial charge in [0.2, 0.25) is 0 Å². The zero-order chi connectivity index (χ0) is 15.2. The lowest BCUT2D eigenvalue weighted by molar-refractivity contribution is 0.318. The van der Waals surface area contributed by atoms with Crippen LogP contribution >= 0.6 is 15.9 Å². The zero-order valence-electron chi connectivity index (χ0n) is 11.8. The van der Waals surface area contributed by atoms with E-state index in [4.69, 9.17) is 10.9 Å². The lowest BCUT2D eigenvalue weighted by atomic mass is 10.0. The fraction of sp³-hybridized carbons (Fsp3) is 0.188. The largest absolute Gasteiger partial charge is 0.409 e. The van der Waals surface area contributed by atoms with E-state index in [9.17, 15) is 0 Å². The van der Waals surface area contributed by atoms with Gasteiger partial charge in [-0.25, -0.2) is 0 Å². The minimum absolute atomic E-state index is 0.128. The van der Waals surface area contributed by atoms with Gasteiger partial charge in [-0.15, -0.1) is 0 Å². The van der Waals surface area contributed by atoms with E-state index in [0.717, 1.165) is 15.6 Å². The fourth-order valence-corrected chi connectivity index (χ4v) is 2.37. The van der Waals surface area contributed by atoms with E-state index >= 15 is 0 Å². The van der Waals surface area contributed by atoms with Crippen molar-refractivity contribution in [1.29, 1.82) is 0 Å². The third kappa shape index (κ3) is 4.06. The Balaban J connectivity index is 2.08. The van der Waals surface area contributed by atoms with Crippen molar-refractivity contribution >= 4 is 21.8 Å². The molecule has 4 N–H and O–H groups in total. The molecule has 0 heterocycles. The first-order chi connectivity index (χ1) is 10.1. The van der Waals surface area contributed by atoms with E-state index in [1.165, 1.54) is 5.56 Å². The van der Waals surface area contributed by atoms with Gasteiger partial charge in [0.15, 0.2) is 5.84 Å². The third-order valence-electron chi connectivity index (χ3n) is 3.37. The molecular weight excluding hydrogens is 330 g/mol. The lowest BCUT2D eigenvalue weighted by Gasteiger charge is -2.16. The van der Waals surface area contributed by atoms with Gasteiger partial charge in [-0.1, -0.05) is 57.5 Å². The summed E-state index contributed by atoms with van der Waals surface area (Å²) in [5.74, 6) is 0.128. The number of hydrogen-bond acceptors (Lipinski definition) is 3. The SMILES string of the molecule is C[C@@H](NCc1ccccc1/C(N)=N/O)c1ccc(Br)cc1. The van der Waals surface area contributed by atoms with Crippen LogP contribution in [0.15, 0.2) is 58.2 Å². The second-order valence-corrected chi connectivity index (χ2v) is 5.71. The number of hydrogen-bond donors (Lipinski definition) is 3. The Morgan fingerprint density at radius 3 is 2.57 bits per heavy atom. The van der Waals surface area contributed by atoms with Gasteiger partial charge in [-0.05, 0) is 30.2 Å². The summed E-state index contributed by atoms with van der Waals surface area (Å²) in [5, 5.41) is 15.4. The summed E-state index contributed by atoms with van der Waals surface area (Å²) in [7, 11) is 0. The number of nitrogens with two attached hydrogens (primary N) is 1. The molecule has 0 aliphatic heterocycles. The smallest absolute Gasteiger partial charge is 0.170 e. The third-order valence-corrected chi connectivity index (χ3v) is 3.90. The highest BCUT2D eigenvalue weighted by Gasteiger charge is 2.09. The van der Waals surface area contributed by atoms with Gasteiger partial charge < -0.3 is 16.3 Å². The van der Waals surface area contributed by atoms with E-state index in [2.05, 4.69) is 45.5 Å². The van der Waals surface area contributed by atoms with Gasteiger partial charge in [-0.3, -0.25) is 0 Å². The molecule has 1 atom stereocenters. The Hall–Kier alpha value is -1.85. The van der Waals surface area contributed by atoms with E-state index < -0.39 is 0 Å². The predicted octanol–water partition coefficient (Wildman–Crippen LogP) is 3.39. The molecule has 0 spiro atoms. The van der Waals surface area contributed by atoms with E-state index in [1.807, 2.05) is 36.4 Å². The van der Waals surface area contributed by atoms with Gasteiger partial charge in [0.25, 0.3) is 0 Å². The molecule has 21 heavy (non-hydrogen) atoms. The van der Waals surface area contributed by atoms with Gasteiger partial charge in [0.1, 0.15) is 0 Å². The maximum atomic E-state index is 8.83. The summed E-state index contributed by atoms with van der Waals surface area (Å²) in [6.07, 6.45) is 0. The average molecular weight is 348 g/mol. The molecule has 0 saturated heterocycles. The molecule has 0 fully saturated rings. The van der Waals surface area contributed by atoms with E-state index in [1.54, 1.807) is 0 Å². The van der Waals surface area contributed by atoms with Crippen LogP contribution in [0.5, 0.6) is 0 Å². The normalized spacial score (nSPS) is 13.1. The highest BCUT2D eigenvalue weighted by molar-refractivity contribution is 9.10. The standard InChI is InChI=1S/C16H18BrN3O/c1-11(12-6-8-14(17)9-7-12)19-10-13-4-2-3-5-15(13)16(18)20-21/h2-9,11,19,21H,10H2,1H3,(H2,18,20)/t11-/m1/s1. The molecule has 0 aliphatic rings. The summed E-state index contributed by atoms with van der Waals surface area (Å²) in [5.41, 5.74) is 8.65. The average Bonchev–Trinajstić information content (AvgIpc) is 2.52. The van der Waals surface area contributed by atoms with Gasteiger partial charge >= 0.3 is 0 Å². The van der Waals surface area contributed by atoms with Crippen molar-refractivity contribution in [2.75, 3.05) is 0 Å². The maximum absolute atomic E-state index is 8.83. The van der Waals surface area contributed by atoms with Crippen LogP contribution in [0.1, 0.15) is 29.7 Å². The van der Waals surface area contributed by atoms with Crippen LogP contribution in [0, 0.1) is 0 Å². The van der Waals surface area contributed by atoms with Gasteiger partial charge in [0.05, 0.1) is 0 Å². The lowest BCUT2D eigenvalue weighted by Crippen LogP contribution is -2.22. The maximum Gasteiger partial charge on any atom is 0.170 e. The summed E-state index contributed by atoms with van der Waals surface area (Å²) < 4.78 is 1.07.